The normalized spacial score (nSPS) is 12.3. The second-order valence-electron chi connectivity index (χ2n) is 6.27. The lowest BCUT2D eigenvalue weighted by molar-refractivity contribution is 0.0896. The summed E-state index contributed by atoms with van der Waals surface area (Å²) in [4.78, 5) is 28.9. The molecule has 26 heavy (non-hydrogen) atoms. The minimum atomic E-state index is -0.355. The Morgan fingerprint density at radius 2 is 2.08 bits per heavy atom. The van der Waals surface area contributed by atoms with E-state index in [0.29, 0.717) is 11.2 Å². The fourth-order valence-corrected chi connectivity index (χ4v) is 2.47. The summed E-state index contributed by atoms with van der Waals surface area (Å²) in [7, 11) is 0. The molecule has 0 radical (unpaired) electrons. The highest BCUT2D eigenvalue weighted by Gasteiger charge is 2.22. The van der Waals surface area contributed by atoms with Gasteiger partial charge in [0, 0.05) is 24.5 Å². The van der Waals surface area contributed by atoms with E-state index >= 15 is 0 Å². The number of hydrogen-bond donors (Lipinski definition) is 3. The van der Waals surface area contributed by atoms with Crippen LogP contribution in [0.4, 0.5) is 0 Å². The molecule has 10 heteroatoms. The third kappa shape index (κ3) is 3.53. The Kier molecular flexibility index (Phi) is 4.92. The molecule has 0 fully saturated rings. The molecule has 1 atom stereocenters. The van der Waals surface area contributed by atoms with Gasteiger partial charge in [0.25, 0.3) is 11.8 Å². The standard InChI is InChI=1S/C16H20N8O2/c1-9(2)12(7-18-16(26)13-8-19-23-22-13)21-15(25)11-6-20-24-10(3)4-5-17-14(11)24/h4-6,8-9,12H,7H2,1-3H3,(H,18,26)(H,21,25)(H,19,22,23). The predicted octanol–water partition coefficient (Wildman–Crippen LogP) is 0.340. The molecule has 0 saturated carbocycles. The van der Waals surface area contributed by atoms with Crippen LogP contribution in [0, 0.1) is 12.8 Å². The van der Waals surface area contributed by atoms with Crippen molar-refractivity contribution in [1.29, 1.82) is 0 Å². The van der Waals surface area contributed by atoms with Crippen LogP contribution in [-0.2, 0) is 0 Å². The lowest BCUT2D eigenvalue weighted by atomic mass is 10.0. The van der Waals surface area contributed by atoms with E-state index in [-0.39, 0.29) is 36.0 Å². The van der Waals surface area contributed by atoms with Gasteiger partial charge in [-0.2, -0.15) is 20.5 Å². The first kappa shape index (κ1) is 17.5. The van der Waals surface area contributed by atoms with Gasteiger partial charge in [0.05, 0.1) is 12.4 Å². The van der Waals surface area contributed by atoms with Crippen molar-refractivity contribution in [2.24, 2.45) is 5.92 Å². The number of carbonyl (C=O) groups excluding carboxylic acids is 2. The fraction of sp³-hybridized carbons (Fsp3) is 0.375. The average molecular weight is 356 g/mol. The zero-order valence-corrected chi connectivity index (χ0v) is 14.7. The minimum absolute atomic E-state index is 0.105. The lowest BCUT2D eigenvalue weighted by Crippen LogP contribution is -2.46. The van der Waals surface area contributed by atoms with Gasteiger partial charge in [0.2, 0.25) is 0 Å². The number of aryl methyl sites for hydroxylation is 1. The van der Waals surface area contributed by atoms with Crippen molar-refractivity contribution < 1.29 is 9.59 Å². The number of amides is 2. The Labute approximate surface area is 149 Å². The summed E-state index contributed by atoms with van der Waals surface area (Å²) in [6, 6.07) is 1.55. The van der Waals surface area contributed by atoms with Gasteiger partial charge in [-0.05, 0) is 18.9 Å². The van der Waals surface area contributed by atoms with Crippen LogP contribution in [0.25, 0.3) is 5.65 Å². The summed E-state index contributed by atoms with van der Waals surface area (Å²) in [5.74, 6) is -0.535. The molecular weight excluding hydrogens is 336 g/mol. The Morgan fingerprint density at radius 3 is 2.77 bits per heavy atom. The summed E-state index contributed by atoms with van der Waals surface area (Å²) >= 11 is 0. The zero-order valence-electron chi connectivity index (χ0n) is 14.7. The first-order valence-electron chi connectivity index (χ1n) is 8.21. The molecule has 0 bridgehead atoms. The van der Waals surface area contributed by atoms with Crippen molar-refractivity contribution in [1.82, 2.24) is 40.6 Å². The van der Waals surface area contributed by atoms with E-state index in [1.165, 1.54) is 12.4 Å². The molecule has 3 N–H and O–H groups in total. The van der Waals surface area contributed by atoms with Crippen LogP contribution < -0.4 is 10.6 Å². The number of carbonyl (C=O) groups is 2. The lowest BCUT2D eigenvalue weighted by Gasteiger charge is -2.22. The van der Waals surface area contributed by atoms with Gasteiger partial charge in [-0.3, -0.25) is 9.59 Å². The molecule has 136 valence electrons. The maximum Gasteiger partial charge on any atom is 0.273 e. The van der Waals surface area contributed by atoms with Crippen molar-refractivity contribution in [3.05, 3.63) is 41.6 Å². The number of hydrogen-bond acceptors (Lipinski definition) is 6. The van der Waals surface area contributed by atoms with Gasteiger partial charge in [-0.1, -0.05) is 13.8 Å². The molecule has 0 saturated heterocycles. The molecule has 0 aliphatic rings. The van der Waals surface area contributed by atoms with Gasteiger partial charge in [0.1, 0.15) is 5.56 Å². The molecular formula is C16H20N8O2. The number of rotatable bonds is 6. The van der Waals surface area contributed by atoms with Gasteiger partial charge >= 0.3 is 0 Å². The molecule has 3 aromatic rings. The second kappa shape index (κ2) is 7.30. The van der Waals surface area contributed by atoms with Crippen molar-refractivity contribution in [2.45, 2.75) is 26.8 Å². The van der Waals surface area contributed by atoms with E-state index in [1.807, 2.05) is 26.8 Å². The Balaban J connectivity index is 1.70. The third-order valence-electron chi connectivity index (χ3n) is 4.09. The summed E-state index contributed by atoms with van der Waals surface area (Å²) < 4.78 is 1.62. The molecule has 3 rings (SSSR count). The minimum Gasteiger partial charge on any atom is -0.349 e. The van der Waals surface area contributed by atoms with Crippen molar-refractivity contribution in [2.75, 3.05) is 6.54 Å². The van der Waals surface area contributed by atoms with Crippen molar-refractivity contribution in [3.63, 3.8) is 0 Å². The number of H-pyrrole nitrogens is 1. The topological polar surface area (TPSA) is 130 Å². The SMILES string of the molecule is Cc1ccnc2c(C(=O)NC(CNC(=O)c3cn[nH]n3)C(C)C)cnn12. The number of fused-ring (bicyclic) bond motifs is 1. The van der Waals surface area contributed by atoms with Gasteiger partial charge < -0.3 is 10.6 Å². The van der Waals surface area contributed by atoms with Crippen LogP contribution in [0.2, 0.25) is 0 Å². The molecule has 2 amide bonds. The molecule has 3 aromatic heterocycles. The van der Waals surface area contributed by atoms with Crippen molar-refractivity contribution in [3.8, 4) is 0 Å². The average Bonchev–Trinajstić information content (AvgIpc) is 3.28. The third-order valence-corrected chi connectivity index (χ3v) is 4.09. The molecule has 0 aliphatic heterocycles. The molecule has 1 unspecified atom stereocenters. The highest BCUT2D eigenvalue weighted by molar-refractivity contribution is 5.99. The molecule has 3 heterocycles. The monoisotopic (exact) mass is 356 g/mol. The second-order valence-corrected chi connectivity index (χ2v) is 6.27. The number of nitrogens with one attached hydrogen (secondary N) is 3. The van der Waals surface area contributed by atoms with E-state index in [1.54, 1.807) is 10.7 Å². The largest absolute Gasteiger partial charge is 0.349 e. The van der Waals surface area contributed by atoms with Gasteiger partial charge in [0.15, 0.2) is 11.3 Å². The molecule has 10 nitrogen and oxygen atoms in total. The van der Waals surface area contributed by atoms with E-state index in [4.69, 9.17) is 0 Å². The predicted molar refractivity (Wildman–Crippen MR) is 92.5 cm³/mol. The smallest absolute Gasteiger partial charge is 0.273 e. The summed E-state index contributed by atoms with van der Waals surface area (Å²) in [5.41, 5.74) is 1.97. The van der Waals surface area contributed by atoms with Crippen LogP contribution >= 0.6 is 0 Å². The van der Waals surface area contributed by atoms with Crippen LogP contribution in [0.1, 0.15) is 40.4 Å². The first-order valence-corrected chi connectivity index (χ1v) is 8.21. The number of aromatic nitrogens is 6. The van der Waals surface area contributed by atoms with E-state index in [0.717, 1.165) is 5.69 Å². The van der Waals surface area contributed by atoms with E-state index in [9.17, 15) is 9.59 Å². The van der Waals surface area contributed by atoms with E-state index < -0.39 is 0 Å². The van der Waals surface area contributed by atoms with Crippen molar-refractivity contribution >= 4 is 17.5 Å². The quantitative estimate of drug-likeness (QED) is 0.584. The Bertz CT molecular complexity index is 916. The first-order chi connectivity index (χ1) is 12.5. The fourth-order valence-electron chi connectivity index (χ4n) is 2.47. The maximum atomic E-state index is 12.7. The van der Waals surface area contributed by atoms with Crippen LogP contribution in [0.5, 0.6) is 0 Å². The zero-order chi connectivity index (χ0) is 18.7. The summed E-state index contributed by atoms with van der Waals surface area (Å²) in [6.07, 6.45) is 4.47. The molecule has 0 aliphatic carbocycles. The van der Waals surface area contributed by atoms with Crippen LogP contribution in [0.3, 0.4) is 0 Å². The number of nitrogens with zero attached hydrogens (tertiary/aromatic N) is 5. The van der Waals surface area contributed by atoms with E-state index in [2.05, 4.69) is 36.1 Å². The van der Waals surface area contributed by atoms with Gasteiger partial charge in [-0.15, -0.1) is 0 Å². The maximum absolute atomic E-state index is 12.7. The van der Waals surface area contributed by atoms with Crippen LogP contribution in [0.15, 0.2) is 24.7 Å². The summed E-state index contributed by atoms with van der Waals surface area (Å²) in [6.45, 7) is 6.08. The molecule has 0 spiro atoms. The highest BCUT2D eigenvalue weighted by atomic mass is 16.2. The Morgan fingerprint density at radius 1 is 1.27 bits per heavy atom. The highest BCUT2D eigenvalue weighted by Crippen LogP contribution is 2.11. The molecule has 0 aromatic carbocycles. The van der Waals surface area contributed by atoms with Gasteiger partial charge in [-0.25, -0.2) is 9.50 Å². The number of aromatic amines is 1. The Hall–Kier alpha value is -3.30. The van der Waals surface area contributed by atoms with Crippen LogP contribution in [-0.4, -0.2) is 54.4 Å². The summed E-state index contributed by atoms with van der Waals surface area (Å²) in [5, 5.41) is 19.6.